The Morgan fingerprint density at radius 1 is 1.17 bits per heavy atom. The van der Waals surface area contributed by atoms with E-state index in [-0.39, 0.29) is 5.82 Å². The zero-order chi connectivity index (χ0) is 13.0. The Bertz CT molecular complexity index is 590. The Balaban J connectivity index is 2.32. The summed E-state index contributed by atoms with van der Waals surface area (Å²) in [7, 11) is 1.58. The van der Waals surface area contributed by atoms with Gasteiger partial charge >= 0.3 is 0 Å². The van der Waals surface area contributed by atoms with Crippen molar-refractivity contribution in [2.75, 3.05) is 7.11 Å². The zero-order valence-corrected chi connectivity index (χ0v) is 10.5. The minimum Gasteiger partial charge on any atom is -0.497 e. The van der Waals surface area contributed by atoms with E-state index in [0.717, 1.165) is 9.79 Å². The first-order valence-corrected chi connectivity index (χ1v) is 6.06. The number of nitriles is 1. The van der Waals surface area contributed by atoms with E-state index in [2.05, 4.69) is 6.07 Å². The highest BCUT2D eigenvalue weighted by Gasteiger charge is 2.06. The standard InChI is InChI=1S/C14H10FNOS/c1-17-12-5-2-10(9-16)14(8-12)18-13-6-3-11(15)4-7-13/h2-8H,1H3. The number of benzene rings is 2. The van der Waals surface area contributed by atoms with Gasteiger partial charge in [-0.1, -0.05) is 11.8 Å². The van der Waals surface area contributed by atoms with Crippen LogP contribution in [0, 0.1) is 17.1 Å². The molecule has 2 aromatic carbocycles. The van der Waals surface area contributed by atoms with Gasteiger partial charge in [-0.05, 0) is 42.5 Å². The normalized spacial score (nSPS) is 9.83. The number of hydrogen-bond acceptors (Lipinski definition) is 3. The maximum absolute atomic E-state index is 12.8. The number of methoxy groups -OCH3 is 1. The van der Waals surface area contributed by atoms with Gasteiger partial charge in [0, 0.05) is 9.79 Å². The van der Waals surface area contributed by atoms with E-state index in [1.165, 1.54) is 23.9 Å². The van der Waals surface area contributed by atoms with Gasteiger partial charge in [0.2, 0.25) is 0 Å². The molecule has 2 rings (SSSR count). The van der Waals surface area contributed by atoms with E-state index in [4.69, 9.17) is 10.00 Å². The van der Waals surface area contributed by atoms with Crippen LogP contribution in [0.4, 0.5) is 4.39 Å². The molecule has 2 aromatic rings. The largest absolute Gasteiger partial charge is 0.497 e. The molecule has 0 amide bonds. The number of halogens is 1. The number of nitrogens with zero attached hydrogens (tertiary/aromatic N) is 1. The molecule has 0 fully saturated rings. The van der Waals surface area contributed by atoms with E-state index in [1.54, 1.807) is 37.4 Å². The molecule has 0 saturated carbocycles. The third kappa shape index (κ3) is 2.82. The average molecular weight is 259 g/mol. The van der Waals surface area contributed by atoms with Crippen molar-refractivity contribution in [3.8, 4) is 11.8 Å². The first kappa shape index (κ1) is 12.5. The summed E-state index contributed by atoms with van der Waals surface area (Å²) in [6.07, 6.45) is 0. The van der Waals surface area contributed by atoms with Crippen LogP contribution in [-0.2, 0) is 0 Å². The Labute approximate surface area is 109 Å². The lowest BCUT2D eigenvalue weighted by Crippen LogP contribution is -1.86. The van der Waals surface area contributed by atoms with Crippen molar-refractivity contribution in [2.24, 2.45) is 0 Å². The summed E-state index contributed by atoms with van der Waals surface area (Å²) in [6, 6.07) is 13.5. The minimum absolute atomic E-state index is 0.273. The Hall–Kier alpha value is -1.99. The van der Waals surface area contributed by atoms with E-state index in [0.29, 0.717) is 11.3 Å². The average Bonchev–Trinajstić information content (AvgIpc) is 2.41. The van der Waals surface area contributed by atoms with Crippen LogP contribution in [0.5, 0.6) is 5.75 Å². The molecule has 0 N–H and O–H groups in total. The minimum atomic E-state index is -0.273. The second kappa shape index (κ2) is 5.56. The van der Waals surface area contributed by atoms with Gasteiger partial charge in [-0.15, -0.1) is 0 Å². The molecule has 0 saturated heterocycles. The van der Waals surface area contributed by atoms with E-state index < -0.39 is 0 Å². The summed E-state index contributed by atoms with van der Waals surface area (Å²) in [5, 5.41) is 9.04. The summed E-state index contributed by atoms with van der Waals surface area (Å²) in [5.74, 6) is 0.420. The van der Waals surface area contributed by atoms with Gasteiger partial charge in [-0.25, -0.2) is 4.39 Å². The van der Waals surface area contributed by atoms with Crippen LogP contribution in [0.25, 0.3) is 0 Å². The molecule has 4 heteroatoms. The van der Waals surface area contributed by atoms with Crippen LogP contribution in [0.3, 0.4) is 0 Å². The summed E-state index contributed by atoms with van der Waals surface area (Å²) in [4.78, 5) is 1.67. The fraction of sp³-hybridized carbons (Fsp3) is 0.0714. The van der Waals surface area contributed by atoms with Gasteiger partial charge < -0.3 is 4.74 Å². The third-order valence-corrected chi connectivity index (χ3v) is 3.42. The second-order valence-corrected chi connectivity index (χ2v) is 4.65. The lowest BCUT2D eigenvalue weighted by atomic mass is 10.2. The molecular formula is C14H10FNOS. The van der Waals surface area contributed by atoms with Gasteiger partial charge in [-0.2, -0.15) is 5.26 Å². The van der Waals surface area contributed by atoms with Crippen LogP contribution in [0.15, 0.2) is 52.3 Å². The quantitative estimate of drug-likeness (QED) is 0.839. The first-order chi connectivity index (χ1) is 8.72. The molecule has 0 aliphatic carbocycles. The fourth-order valence-electron chi connectivity index (χ4n) is 1.44. The van der Waals surface area contributed by atoms with Gasteiger partial charge in [0.25, 0.3) is 0 Å². The Kier molecular flexibility index (Phi) is 3.85. The van der Waals surface area contributed by atoms with E-state index in [1.807, 2.05) is 0 Å². The second-order valence-electron chi connectivity index (χ2n) is 3.53. The third-order valence-electron chi connectivity index (χ3n) is 2.35. The van der Waals surface area contributed by atoms with Gasteiger partial charge in [-0.3, -0.25) is 0 Å². The molecule has 2 nitrogen and oxygen atoms in total. The summed E-state index contributed by atoms with van der Waals surface area (Å²) in [6.45, 7) is 0. The summed E-state index contributed by atoms with van der Waals surface area (Å²) >= 11 is 1.41. The van der Waals surface area contributed by atoms with Crippen molar-refractivity contribution in [1.82, 2.24) is 0 Å². The van der Waals surface area contributed by atoms with Gasteiger partial charge in [0.1, 0.15) is 17.6 Å². The van der Waals surface area contributed by atoms with Crippen LogP contribution in [0.1, 0.15) is 5.56 Å². The summed E-state index contributed by atoms with van der Waals surface area (Å²) < 4.78 is 17.9. The number of rotatable bonds is 3. The SMILES string of the molecule is COc1ccc(C#N)c(Sc2ccc(F)cc2)c1. The van der Waals surface area contributed by atoms with Crippen LogP contribution in [0.2, 0.25) is 0 Å². The first-order valence-electron chi connectivity index (χ1n) is 5.24. The molecule has 0 bridgehead atoms. The van der Waals surface area contributed by atoms with Crippen LogP contribution >= 0.6 is 11.8 Å². The number of hydrogen-bond donors (Lipinski definition) is 0. The lowest BCUT2D eigenvalue weighted by molar-refractivity contribution is 0.413. The molecule has 0 spiro atoms. The molecule has 90 valence electrons. The molecule has 0 heterocycles. The van der Waals surface area contributed by atoms with E-state index >= 15 is 0 Å². The van der Waals surface area contributed by atoms with Crippen LogP contribution in [-0.4, -0.2) is 7.11 Å². The van der Waals surface area contributed by atoms with Crippen molar-refractivity contribution in [2.45, 2.75) is 9.79 Å². The fourth-order valence-corrected chi connectivity index (χ4v) is 2.36. The molecule has 0 radical (unpaired) electrons. The smallest absolute Gasteiger partial charge is 0.123 e. The monoisotopic (exact) mass is 259 g/mol. The van der Waals surface area contributed by atoms with Crippen molar-refractivity contribution in [3.63, 3.8) is 0 Å². The zero-order valence-electron chi connectivity index (χ0n) is 9.68. The Morgan fingerprint density at radius 2 is 1.89 bits per heavy atom. The maximum Gasteiger partial charge on any atom is 0.123 e. The topological polar surface area (TPSA) is 33.0 Å². The van der Waals surface area contributed by atoms with Gasteiger partial charge in [0.15, 0.2) is 0 Å². The predicted octanol–water partition coefficient (Wildman–Crippen LogP) is 3.86. The molecular weight excluding hydrogens is 249 g/mol. The maximum atomic E-state index is 12.8. The van der Waals surface area contributed by atoms with Crippen molar-refractivity contribution in [3.05, 3.63) is 53.8 Å². The van der Waals surface area contributed by atoms with Crippen molar-refractivity contribution in [1.29, 1.82) is 5.26 Å². The van der Waals surface area contributed by atoms with Crippen LogP contribution < -0.4 is 4.74 Å². The highest BCUT2D eigenvalue weighted by Crippen LogP contribution is 2.32. The molecule has 0 unspecified atom stereocenters. The predicted molar refractivity (Wildman–Crippen MR) is 68.2 cm³/mol. The molecule has 0 aliphatic rings. The molecule has 18 heavy (non-hydrogen) atoms. The molecule has 0 atom stereocenters. The van der Waals surface area contributed by atoms with Crippen molar-refractivity contribution >= 4 is 11.8 Å². The molecule has 0 aliphatic heterocycles. The molecule has 0 aromatic heterocycles. The van der Waals surface area contributed by atoms with E-state index in [9.17, 15) is 4.39 Å². The van der Waals surface area contributed by atoms with Gasteiger partial charge in [0.05, 0.1) is 12.7 Å². The summed E-state index contributed by atoms with van der Waals surface area (Å²) in [5.41, 5.74) is 0.574. The Morgan fingerprint density at radius 3 is 2.50 bits per heavy atom. The number of ether oxygens (including phenoxy) is 1. The highest BCUT2D eigenvalue weighted by atomic mass is 32.2. The highest BCUT2D eigenvalue weighted by molar-refractivity contribution is 7.99. The lowest BCUT2D eigenvalue weighted by Gasteiger charge is -2.06. The van der Waals surface area contributed by atoms with Crippen molar-refractivity contribution < 1.29 is 9.13 Å².